The summed E-state index contributed by atoms with van der Waals surface area (Å²) >= 11 is 0. The number of esters is 2. The Labute approximate surface area is 125 Å². The molecule has 21 heavy (non-hydrogen) atoms. The second-order valence-electron chi connectivity index (χ2n) is 4.75. The molecule has 0 N–H and O–H groups in total. The zero-order valence-electron chi connectivity index (χ0n) is 12.9. The summed E-state index contributed by atoms with van der Waals surface area (Å²) in [7, 11) is 1.62. The van der Waals surface area contributed by atoms with Crippen molar-refractivity contribution in [2.45, 2.75) is 26.7 Å². The topological polar surface area (TPSA) is 72.9 Å². The molecule has 0 aromatic heterocycles. The second-order valence-corrected chi connectivity index (χ2v) is 4.75. The van der Waals surface area contributed by atoms with E-state index in [2.05, 4.69) is 13.2 Å². The molecule has 0 radical (unpaired) electrons. The Balaban J connectivity index is 3.80. The summed E-state index contributed by atoms with van der Waals surface area (Å²) in [6.45, 7) is 10.7. The molecule has 0 atom stereocenters. The fraction of sp³-hybridized carbons (Fsp3) is 0.533. The van der Waals surface area contributed by atoms with E-state index in [1.165, 1.54) is 4.90 Å². The number of rotatable bonds is 9. The third-order valence-corrected chi connectivity index (χ3v) is 2.55. The predicted molar refractivity (Wildman–Crippen MR) is 78.4 cm³/mol. The Morgan fingerprint density at radius 2 is 1.43 bits per heavy atom. The van der Waals surface area contributed by atoms with Gasteiger partial charge in [0.1, 0.15) is 6.61 Å². The molecule has 0 unspecified atom stereocenters. The number of carbonyl (C=O) groups excluding carboxylic acids is 3. The van der Waals surface area contributed by atoms with Crippen molar-refractivity contribution >= 4 is 17.8 Å². The first-order valence-electron chi connectivity index (χ1n) is 6.65. The van der Waals surface area contributed by atoms with Gasteiger partial charge in [0, 0.05) is 24.6 Å². The van der Waals surface area contributed by atoms with Crippen molar-refractivity contribution in [1.82, 2.24) is 4.90 Å². The van der Waals surface area contributed by atoms with Crippen LogP contribution in [0.5, 0.6) is 0 Å². The number of hydrogen-bond donors (Lipinski definition) is 0. The van der Waals surface area contributed by atoms with Crippen LogP contribution in [0, 0.1) is 0 Å². The van der Waals surface area contributed by atoms with Gasteiger partial charge in [-0.3, -0.25) is 4.79 Å². The van der Waals surface area contributed by atoms with Crippen molar-refractivity contribution in [2.24, 2.45) is 0 Å². The summed E-state index contributed by atoms with van der Waals surface area (Å²) in [6, 6.07) is 0. The third-order valence-electron chi connectivity index (χ3n) is 2.55. The number of carbonyl (C=O) groups is 3. The van der Waals surface area contributed by atoms with Crippen molar-refractivity contribution in [3.63, 3.8) is 0 Å². The van der Waals surface area contributed by atoms with Crippen LogP contribution >= 0.6 is 0 Å². The Hall–Kier alpha value is -2.11. The van der Waals surface area contributed by atoms with E-state index in [-0.39, 0.29) is 25.5 Å². The highest BCUT2D eigenvalue weighted by molar-refractivity contribution is 5.87. The molecule has 0 heterocycles. The fourth-order valence-electron chi connectivity index (χ4n) is 1.23. The maximum Gasteiger partial charge on any atom is 0.333 e. The average molecular weight is 297 g/mol. The number of hydrogen-bond acceptors (Lipinski definition) is 5. The fourth-order valence-corrected chi connectivity index (χ4v) is 1.23. The van der Waals surface area contributed by atoms with Gasteiger partial charge in [0.2, 0.25) is 5.91 Å². The van der Waals surface area contributed by atoms with Crippen molar-refractivity contribution in [1.29, 1.82) is 0 Å². The van der Waals surface area contributed by atoms with Gasteiger partial charge < -0.3 is 14.4 Å². The Bertz CT molecular complexity index is 428. The van der Waals surface area contributed by atoms with Crippen LogP contribution in [0.1, 0.15) is 26.7 Å². The molecule has 6 heteroatoms. The molecule has 0 saturated carbocycles. The van der Waals surface area contributed by atoms with Crippen LogP contribution in [-0.4, -0.2) is 49.6 Å². The maximum atomic E-state index is 11.7. The maximum absolute atomic E-state index is 11.7. The lowest BCUT2D eigenvalue weighted by atomic mass is 10.3. The van der Waals surface area contributed by atoms with Crippen molar-refractivity contribution < 1.29 is 23.9 Å². The van der Waals surface area contributed by atoms with E-state index >= 15 is 0 Å². The summed E-state index contributed by atoms with van der Waals surface area (Å²) < 4.78 is 9.78. The van der Waals surface area contributed by atoms with Crippen LogP contribution in [-0.2, 0) is 23.9 Å². The second kappa shape index (κ2) is 9.74. The summed E-state index contributed by atoms with van der Waals surface area (Å²) in [4.78, 5) is 35.5. The first-order valence-corrected chi connectivity index (χ1v) is 6.65. The van der Waals surface area contributed by atoms with E-state index in [4.69, 9.17) is 9.47 Å². The quantitative estimate of drug-likeness (QED) is 0.366. The summed E-state index contributed by atoms with van der Waals surface area (Å²) in [5, 5.41) is 0. The minimum Gasteiger partial charge on any atom is -0.462 e. The van der Waals surface area contributed by atoms with Crippen LogP contribution < -0.4 is 0 Å². The van der Waals surface area contributed by atoms with E-state index in [1.807, 2.05) is 0 Å². The molecule has 0 aliphatic carbocycles. The molecule has 0 aromatic carbocycles. The van der Waals surface area contributed by atoms with Gasteiger partial charge in [-0.1, -0.05) is 13.2 Å². The van der Waals surface area contributed by atoms with Gasteiger partial charge in [-0.05, 0) is 20.3 Å². The molecule has 0 aliphatic heterocycles. The molecule has 0 fully saturated rings. The highest BCUT2D eigenvalue weighted by Gasteiger charge is 2.10. The van der Waals surface area contributed by atoms with E-state index in [0.29, 0.717) is 24.1 Å². The zero-order valence-corrected chi connectivity index (χ0v) is 12.9. The van der Waals surface area contributed by atoms with Gasteiger partial charge in [0.05, 0.1) is 13.2 Å². The molecule has 6 nitrogen and oxygen atoms in total. The zero-order chi connectivity index (χ0) is 16.4. The lowest BCUT2D eigenvalue weighted by molar-refractivity contribution is -0.141. The van der Waals surface area contributed by atoms with E-state index < -0.39 is 11.9 Å². The van der Waals surface area contributed by atoms with E-state index in [1.54, 1.807) is 20.9 Å². The summed E-state index contributed by atoms with van der Waals surface area (Å²) in [5.74, 6) is -1.03. The lowest BCUT2D eigenvalue weighted by Crippen LogP contribution is -2.30. The first kappa shape index (κ1) is 18.9. The minimum absolute atomic E-state index is 0.104. The average Bonchev–Trinajstić information content (AvgIpc) is 2.42. The number of ether oxygens (including phenoxy) is 2. The molecular weight excluding hydrogens is 274 g/mol. The SMILES string of the molecule is C=C(C)C(=O)OCCCC(=O)N(C)CCOC(=O)C(=C)C. The van der Waals surface area contributed by atoms with Gasteiger partial charge in [-0.25, -0.2) is 9.59 Å². The smallest absolute Gasteiger partial charge is 0.333 e. The predicted octanol–water partition coefficient (Wildman–Crippen LogP) is 1.46. The van der Waals surface area contributed by atoms with Gasteiger partial charge >= 0.3 is 11.9 Å². The molecule has 0 spiro atoms. The lowest BCUT2D eigenvalue weighted by Gasteiger charge is -2.17. The van der Waals surface area contributed by atoms with Crippen molar-refractivity contribution in [2.75, 3.05) is 26.8 Å². The molecule has 0 rings (SSSR count). The third kappa shape index (κ3) is 8.62. The molecule has 0 aromatic rings. The molecule has 0 saturated heterocycles. The Kier molecular flexibility index (Phi) is 8.76. The Morgan fingerprint density at radius 3 is 1.90 bits per heavy atom. The van der Waals surface area contributed by atoms with Crippen LogP contribution in [0.2, 0.25) is 0 Å². The number of nitrogens with zero attached hydrogens (tertiary/aromatic N) is 1. The monoisotopic (exact) mass is 297 g/mol. The van der Waals surface area contributed by atoms with Crippen LogP contribution in [0.4, 0.5) is 0 Å². The van der Waals surface area contributed by atoms with Gasteiger partial charge in [0.25, 0.3) is 0 Å². The van der Waals surface area contributed by atoms with Crippen LogP contribution in [0.15, 0.2) is 24.3 Å². The molecule has 0 aliphatic rings. The standard InChI is InChI=1S/C15H23NO5/c1-11(2)14(18)20-9-6-7-13(17)16(5)8-10-21-15(19)12(3)4/h1,3,6-10H2,2,4-5H3. The first-order chi connectivity index (χ1) is 9.75. The number of likely N-dealkylation sites (N-methyl/N-ethyl adjacent to an activating group) is 1. The minimum atomic E-state index is -0.470. The van der Waals surface area contributed by atoms with E-state index in [0.717, 1.165) is 0 Å². The molecule has 118 valence electrons. The Morgan fingerprint density at radius 1 is 0.952 bits per heavy atom. The summed E-state index contributed by atoms with van der Waals surface area (Å²) in [5.41, 5.74) is 0.654. The van der Waals surface area contributed by atoms with Gasteiger partial charge in [0.15, 0.2) is 0 Å². The van der Waals surface area contributed by atoms with Gasteiger partial charge in [-0.2, -0.15) is 0 Å². The molecule has 1 amide bonds. The van der Waals surface area contributed by atoms with Gasteiger partial charge in [-0.15, -0.1) is 0 Å². The largest absolute Gasteiger partial charge is 0.462 e. The number of amides is 1. The molecular formula is C15H23NO5. The highest BCUT2D eigenvalue weighted by Crippen LogP contribution is 2.00. The van der Waals surface area contributed by atoms with Crippen molar-refractivity contribution in [3.8, 4) is 0 Å². The highest BCUT2D eigenvalue weighted by atomic mass is 16.5. The van der Waals surface area contributed by atoms with Crippen LogP contribution in [0.3, 0.4) is 0 Å². The summed E-state index contributed by atoms with van der Waals surface area (Å²) in [6.07, 6.45) is 0.697. The van der Waals surface area contributed by atoms with E-state index in [9.17, 15) is 14.4 Å². The molecule has 0 bridgehead atoms. The van der Waals surface area contributed by atoms with Crippen LogP contribution in [0.25, 0.3) is 0 Å². The van der Waals surface area contributed by atoms with Crippen molar-refractivity contribution in [3.05, 3.63) is 24.3 Å². The normalized spacial score (nSPS) is 9.67.